The lowest BCUT2D eigenvalue weighted by molar-refractivity contribution is 0.0184. The molecule has 4 heteroatoms. The van der Waals surface area contributed by atoms with Crippen LogP contribution in [-0.2, 0) is 4.74 Å². The van der Waals surface area contributed by atoms with Gasteiger partial charge in [0.05, 0.1) is 6.61 Å². The summed E-state index contributed by atoms with van der Waals surface area (Å²) in [6.45, 7) is 1.64. The van der Waals surface area contributed by atoms with E-state index in [0.717, 1.165) is 12.5 Å². The summed E-state index contributed by atoms with van der Waals surface area (Å²) in [5.74, 6) is 0.815. The zero-order valence-electron chi connectivity index (χ0n) is 7.77. The Morgan fingerprint density at radius 1 is 1.38 bits per heavy atom. The van der Waals surface area contributed by atoms with Gasteiger partial charge in [-0.2, -0.15) is 0 Å². The van der Waals surface area contributed by atoms with Gasteiger partial charge in [0.25, 0.3) is 6.43 Å². The molecule has 13 heavy (non-hydrogen) atoms. The Labute approximate surface area is 77.6 Å². The summed E-state index contributed by atoms with van der Waals surface area (Å²) in [5.41, 5.74) is 0. The van der Waals surface area contributed by atoms with Crippen molar-refractivity contribution in [1.29, 1.82) is 0 Å². The number of rotatable bonds is 7. The summed E-state index contributed by atoms with van der Waals surface area (Å²) in [7, 11) is 0. The molecule has 78 valence electrons. The summed E-state index contributed by atoms with van der Waals surface area (Å²) < 4.78 is 27.9. The normalized spacial score (nSPS) is 17.8. The maximum atomic E-state index is 11.6. The van der Waals surface area contributed by atoms with Gasteiger partial charge in [0.2, 0.25) is 0 Å². The minimum absolute atomic E-state index is 0.386. The Hall–Kier alpha value is -0.220. The molecule has 0 heterocycles. The highest BCUT2D eigenvalue weighted by Gasteiger charge is 2.15. The van der Waals surface area contributed by atoms with E-state index < -0.39 is 13.0 Å². The predicted molar refractivity (Wildman–Crippen MR) is 47.0 cm³/mol. The lowest BCUT2D eigenvalue weighted by Crippen LogP contribution is -2.30. The third-order valence-corrected chi connectivity index (χ3v) is 2.32. The predicted octanol–water partition coefficient (Wildman–Crippen LogP) is 1.66. The van der Waals surface area contributed by atoms with Crippen molar-refractivity contribution in [2.24, 2.45) is 5.92 Å². The minimum Gasteiger partial charge on any atom is -0.374 e. The van der Waals surface area contributed by atoms with Gasteiger partial charge in [-0.15, -0.1) is 0 Å². The highest BCUT2D eigenvalue weighted by atomic mass is 19.3. The van der Waals surface area contributed by atoms with Crippen molar-refractivity contribution in [2.75, 3.05) is 26.3 Å². The molecule has 1 N–H and O–H groups in total. The first-order valence-corrected chi connectivity index (χ1v) is 4.85. The van der Waals surface area contributed by atoms with Crippen molar-refractivity contribution in [2.45, 2.75) is 25.7 Å². The molecule has 0 aromatic carbocycles. The highest BCUT2D eigenvalue weighted by molar-refractivity contribution is 4.71. The number of nitrogens with one attached hydrogen (secondary N) is 1. The summed E-state index contributed by atoms with van der Waals surface area (Å²) in [5, 5.41) is 3.19. The van der Waals surface area contributed by atoms with Crippen LogP contribution in [0, 0.1) is 5.92 Å². The molecule has 0 spiro atoms. The van der Waals surface area contributed by atoms with Crippen molar-refractivity contribution in [3.63, 3.8) is 0 Å². The lowest BCUT2D eigenvalue weighted by atomic mass is 9.85. The molecule has 0 aliphatic heterocycles. The smallest absolute Gasteiger partial charge is 0.261 e. The lowest BCUT2D eigenvalue weighted by Gasteiger charge is -2.25. The molecule has 0 aromatic rings. The molecule has 0 unspecified atom stereocenters. The Morgan fingerprint density at radius 2 is 2.15 bits per heavy atom. The fourth-order valence-electron chi connectivity index (χ4n) is 1.32. The molecule has 0 saturated heterocycles. The van der Waals surface area contributed by atoms with Crippen molar-refractivity contribution in [1.82, 2.24) is 5.32 Å². The summed E-state index contributed by atoms with van der Waals surface area (Å²) in [6, 6.07) is 0. The topological polar surface area (TPSA) is 21.3 Å². The van der Waals surface area contributed by atoms with Crippen molar-refractivity contribution < 1.29 is 13.5 Å². The number of hydrogen-bond donors (Lipinski definition) is 1. The molecule has 1 aliphatic rings. The summed E-state index contributed by atoms with van der Waals surface area (Å²) in [4.78, 5) is 0. The van der Waals surface area contributed by atoms with Crippen LogP contribution in [0.1, 0.15) is 19.3 Å². The maximum absolute atomic E-state index is 11.6. The van der Waals surface area contributed by atoms with Gasteiger partial charge >= 0.3 is 0 Å². The van der Waals surface area contributed by atoms with Gasteiger partial charge in [-0.25, -0.2) is 8.78 Å². The van der Waals surface area contributed by atoms with E-state index in [-0.39, 0.29) is 0 Å². The number of ether oxygens (including phenoxy) is 1. The van der Waals surface area contributed by atoms with E-state index in [2.05, 4.69) is 5.32 Å². The van der Waals surface area contributed by atoms with E-state index in [1.54, 1.807) is 0 Å². The van der Waals surface area contributed by atoms with Crippen LogP contribution in [0.5, 0.6) is 0 Å². The van der Waals surface area contributed by atoms with Gasteiger partial charge in [-0.05, 0) is 25.3 Å². The first kappa shape index (κ1) is 10.9. The summed E-state index contributed by atoms with van der Waals surface area (Å²) >= 11 is 0. The second-order valence-electron chi connectivity index (χ2n) is 3.47. The van der Waals surface area contributed by atoms with Gasteiger partial charge in [0, 0.05) is 6.54 Å². The quantitative estimate of drug-likeness (QED) is 0.621. The van der Waals surface area contributed by atoms with Crippen LogP contribution >= 0.6 is 0 Å². The van der Waals surface area contributed by atoms with Crippen LogP contribution in [-0.4, -0.2) is 32.7 Å². The molecule has 0 atom stereocenters. The number of halogens is 2. The van der Waals surface area contributed by atoms with E-state index in [0.29, 0.717) is 13.2 Å². The number of hydrogen-bond acceptors (Lipinski definition) is 2. The largest absolute Gasteiger partial charge is 0.374 e. The first-order valence-electron chi connectivity index (χ1n) is 4.85. The van der Waals surface area contributed by atoms with E-state index >= 15 is 0 Å². The molecule has 0 radical (unpaired) electrons. The minimum atomic E-state index is -2.34. The molecule has 1 fully saturated rings. The first-order chi connectivity index (χ1) is 6.29. The molecule has 1 rings (SSSR count). The second-order valence-corrected chi connectivity index (χ2v) is 3.47. The zero-order chi connectivity index (χ0) is 9.52. The molecular formula is C9H17F2NO. The Kier molecular flexibility index (Phi) is 5.23. The van der Waals surface area contributed by atoms with Crippen LogP contribution in [0.4, 0.5) is 8.78 Å². The van der Waals surface area contributed by atoms with E-state index in [9.17, 15) is 8.78 Å². The molecule has 2 nitrogen and oxygen atoms in total. The van der Waals surface area contributed by atoms with E-state index in [1.165, 1.54) is 19.3 Å². The van der Waals surface area contributed by atoms with Crippen LogP contribution in [0.2, 0.25) is 0 Å². The van der Waals surface area contributed by atoms with Crippen molar-refractivity contribution in [3.05, 3.63) is 0 Å². The van der Waals surface area contributed by atoms with Crippen LogP contribution in [0.3, 0.4) is 0 Å². The Morgan fingerprint density at radius 3 is 2.69 bits per heavy atom. The standard InChI is InChI=1S/C9H17F2NO/c10-9(11)7-13-5-4-12-6-8-2-1-3-8/h8-9,12H,1-7H2. The van der Waals surface area contributed by atoms with Gasteiger partial charge < -0.3 is 10.1 Å². The molecule has 1 aliphatic carbocycles. The van der Waals surface area contributed by atoms with Crippen molar-refractivity contribution >= 4 is 0 Å². The van der Waals surface area contributed by atoms with Crippen LogP contribution < -0.4 is 5.32 Å². The van der Waals surface area contributed by atoms with Crippen molar-refractivity contribution in [3.8, 4) is 0 Å². The monoisotopic (exact) mass is 193 g/mol. The van der Waals surface area contributed by atoms with E-state index in [1.807, 2.05) is 0 Å². The SMILES string of the molecule is FC(F)COCCNCC1CCC1. The van der Waals surface area contributed by atoms with Gasteiger partial charge in [0.15, 0.2) is 0 Å². The van der Waals surface area contributed by atoms with E-state index in [4.69, 9.17) is 4.74 Å². The molecule has 0 bridgehead atoms. The van der Waals surface area contributed by atoms with Crippen LogP contribution in [0.25, 0.3) is 0 Å². The molecular weight excluding hydrogens is 176 g/mol. The highest BCUT2D eigenvalue weighted by Crippen LogP contribution is 2.24. The summed E-state index contributed by atoms with van der Waals surface area (Å²) in [6.07, 6.45) is 1.62. The fraction of sp³-hybridized carbons (Fsp3) is 1.00. The van der Waals surface area contributed by atoms with Gasteiger partial charge in [-0.1, -0.05) is 6.42 Å². The second kappa shape index (κ2) is 6.27. The van der Waals surface area contributed by atoms with Gasteiger partial charge in [0.1, 0.15) is 6.61 Å². The maximum Gasteiger partial charge on any atom is 0.261 e. The van der Waals surface area contributed by atoms with Crippen LogP contribution in [0.15, 0.2) is 0 Å². The zero-order valence-corrected chi connectivity index (χ0v) is 7.77. The molecule has 0 aromatic heterocycles. The third kappa shape index (κ3) is 5.16. The average Bonchev–Trinajstić information content (AvgIpc) is 1.99. The Bertz CT molecular complexity index is 129. The third-order valence-electron chi connectivity index (χ3n) is 2.32. The molecule has 1 saturated carbocycles. The average molecular weight is 193 g/mol. The number of alkyl halides is 2. The van der Waals surface area contributed by atoms with Gasteiger partial charge in [-0.3, -0.25) is 0 Å². The fourth-order valence-corrected chi connectivity index (χ4v) is 1.32. The Balaban J connectivity index is 1.73. The molecule has 0 amide bonds.